The minimum absolute atomic E-state index is 0.0185. The van der Waals surface area contributed by atoms with E-state index in [-0.39, 0.29) is 18.3 Å². The molecule has 2 fully saturated rings. The lowest BCUT2D eigenvalue weighted by molar-refractivity contribution is 0.391. The highest BCUT2D eigenvalue weighted by Crippen LogP contribution is 2.34. The lowest BCUT2D eigenvalue weighted by Crippen LogP contribution is -2.34. The molecule has 0 spiro atoms. The van der Waals surface area contributed by atoms with Gasteiger partial charge in [-0.25, -0.2) is 22.8 Å². The normalized spacial score (nSPS) is 15.9. The van der Waals surface area contributed by atoms with Crippen molar-refractivity contribution in [3.05, 3.63) is 90.0 Å². The first-order chi connectivity index (χ1) is 17.5. The smallest absolute Gasteiger partial charge is 0.218 e. The Hall–Kier alpha value is -3.36. The maximum absolute atomic E-state index is 15.0. The van der Waals surface area contributed by atoms with Gasteiger partial charge in [0.15, 0.2) is 0 Å². The Morgan fingerprint density at radius 1 is 0.917 bits per heavy atom. The van der Waals surface area contributed by atoms with Gasteiger partial charge in [0.05, 0.1) is 11.3 Å². The molecule has 8 heteroatoms. The Bertz CT molecular complexity index is 1520. The fraction of sp³-hybridized carbons (Fsp3) is 0.286. The molecule has 0 atom stereocenters. The summed E-state index contributed by atoms with van der Waals surface area (Å²) in [5, 5.41) is 4.37. The van der Waals surface area contributed by atoms with Crippen LogP contribution in [0.25, 0.3) is 22.0 Å². The van der Waals surface area contributed by atoms with Gasteiger partial charge in [0.2, 0.25) is 10.0 Å². The molecule has 2 aliphatic carbocycles. The van der Waals surface area contributed by atoms with E-state index in [1.807, 2.05) is 36.4 Å². The third kappa shape index (κ3) is 4.96. The molecule has 0 bridgehead atoms. The number of aromatic nitrogens is 2. The maximum atomic E-state index is 15.0. The van der Waals surface area contributed by atoms with Crippen LogP contribution < -0.4 is 5.32 Å². The van der Waals surface area contributed by atoms with Gasteiger partial charge in [0.1, 0.15) is 18.0 Å². The molecule has 6 nitrogen and oxygen atoms in total. The van der Waals surface area contributed by atoms with Crippen LogP contribution in [0.1, 0.15) is 36.8 Å². The minimum Gasteiger partial charge on any atom is -0.367 e. The Morgan fingerprint density at radius 2 is 1.67 bits per heavy atom. The number of sulfonamides is 1. The first kappa shape index (κ1) is 23.1. The van der Waals surface area contributed by atoms with E-state index in [0.717, 1.165) is 59.1 Å². The van der Waals surface area contributed by atoms with Crippen LogP contribution in [0, 0.1) is 5.82 Å². The summed E-state index contributed by atoms with van der Waals surface area (Å²) in [6.45, 7) is 0.0185. The molecule has 0 saturated heterocycles. The molecule has 0 radical (unpaired) electrons. The van der Waals surface area contributed by atoms with Crippen molar-refractivity contribution in [2.75, 3.05) is 5.32 Å². The van der Waals surface area contributed by atoms with Gasteiger partial charge >= 0.3 is 0 Å². The van der Waals surface area contributed by atoms with Gasteiger partial charge in [0.25, 0.3) is 0 Å². The molecular weight excluding hydrogens is 475 g/mol. The lowest BCUT2D eigenvalue weighted by atomic mass is 10.0. The van der Waals surface area contributed by atoms with Crippen LogP contribution in [0.15, 0.2) is 73.1 Å². The van der Waals surface area contributed by atoms with Crippen molar-refractivity contribution in [3.63, 3.8) is 0 Å². The van der Waals surface area contributed by atoms with Crippen LogP contribution in [0.2, 0.25) is 0 Å². The van der Waals surface area contributed by atoms with Crippen molar-refractivity contribution in [2.45, 2.75) is 50.1 Å². The fourth-order valence-electron chi connectivity index (χ4n) is 4.50. The number of benzene rings is 3. The van der Waals surface area contributed by atoms with Gasteiger partial charge in [-0.1, -0.05) is 42.5 Å². The zero-order chi connectivity index (χ0) is 24.7. The van der Waals surface area contributed by atoms with Crippen LogP contribution in [0.5, 0.6) is 0 Å². The average Bonchev–Trinajstić information content (AvgIpc) is 3.80. The molecular formula is C28H27FN4O2S. The number of hydrogen-bond donors (Lipinski definition) is 1. The van der Waals surface area contributed by atoms with E-state index < -0.39 is 15.8 Å². The van der Waals surface area contributed by atoms with Crippen LogP contribution in [-0.2, 0) is 22.3 Å². The van der Waals surface area contributed by atoms with Crippen molar-refractivity contribution in [1.29, 1.82) is 0 Å². The van der Waals surface area contributed by atoms with Crippen molar-refractivity contribution in [3.8, 4) is 11.1 Å². The molecule has 4 aromatic rings. The van der Waals surface area contributed by atoms with Crippen molar-refractivity contribution in [2.24, 2.45) is 0 Å². The van der Waals surface area contributed by atoms with E-state index in [0.29, 0.717) is 11.6 Å². The molecule has 0 unspecified atom stereocenters. The van der Waals surface area contributed by atoms with E-state index in [1.54, 1.807) is 30.6 Å². The van der Waals surface area contributed by atoms with E-state index in [9.17, 15) is 12.8 Å². The average molecular weight is 503 g/mol. The van der Waals surface area contributed by atoms with Crippen LogP contribution >= 0.6 is 0 Å². The van der Waals surface area contributed by atoms with Crippen LogP contribution in [0.3, 0.4) is 0 Å². The largest absolute Gasteiger partial charge is 0.367 e. The number of rotatable bonds is 9. The number of hydrogen-bond acceptors (Lipinski definition) is 5. The molecule has 1 heterocycles. The molecule has 2 saturated carbocycles. The molecule has 36 heavy (non-hydrogen) atoms. The number of fused-ring (bicyclic) bond motifs is 1. The highest BCUT2D eigenvalue weighted by atomic mass is 32.2. The highest BCUT2D eigenvalue weighted by molar-refractivity contribution is 7.88. The molecule has 1 aromatic heterocycles. The molecule has 2 aliphatic rings. The minimum atomic E-state index is -3.60. The summed E-state index contributed by atoms with van der Waals surface area (Å²) in [7, 11) is -3.60. The fourth-order valence-corrected chi connectivity index (χ4v) is 6.28. The third-order valence-electron chi connectivity index (χ3n) is 6.76. The predicted octanol–water partition coefficient (Wildman–Crippen LogP) is 5.50. The molecule has 6 rings (SSSR count). The standard InChI is InChI=1S/C28H27FN4O2S/c29-26-12-6-20(21-7-13-27-25(15-21)28(31-18-30-27)32-23-8-9-23)14-22(26)16-33(24-10-11-24)36(34,35)17-19-4-2-1-3-5-19/h1-7,12-15,18,23-24H,8-11,16-17H2,(H,30,31,32). The SMILES string of the molecule is O=S(=O)(Cc1ccccc1)N(Cc1cc(-c2ccc3ncnc(NC4CC4)c3c2)ccc1F)C1CC1. The van der Waals surface area contributed by atoms with E-state index in [4.69, 9.17) is 0 Å². The van der Waals surface area contributed by atoms with Gasteiger partial charge in [-0.05, 0) is 66.6 Å². The number of halogens is 1. The Kier molecular flexibility index (Phi) is 5.93. The van der Waals surface area contributed by atoms with Crippen molar-refractivity contribution >= 4 is 26.7 Å². The van der Waals surface area contributed by atoms with Gasteiger partial charge < -0.3 is 5.32 Å². The summed E-state index contributed by atoms with van der Waals surface area (Å²) in [6, 6.07) is 20.3. The van der Waals surface area contributed by atoms with Crippen LogP contribution in [0.4, 0.5) is 10.2 Å². The Morgan fingerprint density at radius 3 is 2.42 bits per heavy atom. The second kappa shape index (κ2) is 9.26. The van der Waals surface area contributed by atoms with Gasteiger partial charge in [-0.15, -0.1) is 0 Å². The molecule has 1 N–H and O–H groups in total. The lowest BCUT2D eigenvalue weighted by Gasteiger charge is -2.23. The second-order valence-corrected chi connectivity index (χ2v) is 11.6. The monoisotopic (exact) mass is 502 g/mol. The summed E-state index contributed by atoms with van der Waals surface area (Å²) in [5.74, 6) is 0.311. The topological polar surface area (TPSA) is 75.2 Å². The summed E-state index contributed by atoms with van der Waals surface area (Å²) >= 11 is 0. The van der Waals surface area contributed by atoms with Gasteiger partial charge in [-0.3, -0.25) is 0 Å². The summed E-state index contributed by atoms with van der Waals surface area (Å²) < 4.78 is 43.1. The first-order valence-electron chi connectivity index (χ1n) is 12.3. The Balaban J connectivity index is 1.31. The second-order valence-electron chi connectivity index (χ2n) is 9.70. The van der Waals surface area contributed by atoms with Gasteiger partial charge in [0, 0.05) is 29.6 Å². The zero-order valence-electron chi connectivity index (χ0n) is 19.8. The predicted molar refractivity (Wildman–Crippen MR) is 139 cm³/mol. The van der Waals surface area contributed by atoms with E-state index >= 15 is 0 Å². The van der Waals surface area contributed by atoms with Crippen LogP contribution in [-0.4, -0.2) is 34.8 Å². The van der Waals surface area contributed by atoms with Crippen molar-refractivity contribution < 1.29 is 12.8 Å². The molecule has 184 valence electrons. The summed E-state index contributed by atoms with van der Waals surface area (Å²) in [6.07, 6.45) is 5.44. The zero-order valence-corrected chi connectivity index (χ0v) is 20.6. The molecule has 3 aromatic carbocycles. The summed E-state index contributed by atoms with van der Waals surface area (Å²) in [5.41, 5.74) is 3.67. The van der Waals surface area contributed by atoms with E-state index in [2.05, 4.69) is 15.3 Å². The third-order valence-corrected chi connectivity index (χ3v) is 8.60. The number of anilines is 1. The number of nitrogens with zero attached hydrogens (tertiary/aromatic N) is 3. The first-order valence-corrected chi connectivity index (χ1v) is 13.9. The summed E-state index contributed by atoms with van der Waals surface area (Å²) in [4.78, 5) is 8.80. The van der Waals surface area contributed by atoms with E-state index in [1.165, 1.54) is 10.4 Å². The number of nitrogens with one attached hydrogen (secondary N) is 1. The van der Waals surface area contributed by atoms with Gasteiger partial charge in [-0.2, -0.15) is 4.31 Å². The highest BCUT2D eigenvalue weighted by Gasteiger charge is 2.37. The molecule has 0 amide bonds. The Labute approximate surface area is 210 Å². The van der Waals surface area contributed by atoms with Crippen molar-refractivity contribution in [1.82, 2.24) is 14.3 Å². The maximum Gasteiger partial charge on any atom is 0.218 e. The molecule has 0 aliphatic heterocycles. The quantitative estimate of drug-likeness (QED) is 0.327.